The summed E-state index contributed by atoms with van der Waals surface area (Å²) in [5, 5.41) is 20.0. The quantitative estimate of drug-likeness (QED) is 0.0532. The number of amides is 8. The molecule has 2 aromatic rings. The first-order valence-corrected chi connectivity index (χ1v) is 26.9. The lowest BCUT2D eigenvalue weighted by atomic mass is 9.97. The van der Waals surface area contributed by atoms with Gasteiger partial charge in [-0.05, 0) is 81.3 Å². The van der Waals surface area contributed by atoms with Crippen molar-refractivity contribution >= 4 is 53.4 Å². The summed E-state index contributed by atoms with van der Waals surface area (Å²) in [5.74, 6) is -3.93. The van der Waals surface area contributed by atoms with Crippen molar-refractivity contribution < 1.29 is 52.6 Å². The normalized spacial score (nSPS) is 15.9. The number of carbonyl (C=O) groups is 9. The van der Waals surface area contributed by atoms with Crippen LogP contribution in [0.3, 0.4) is 0 Å². The highest BCUT2D eigenvalue weighted by molar-refractivity contribution is 5.93. The van der Waals surface area contributed by atoms with Crippen molar-refractivity contribution in [3.8, 4) is 0 Å². The van der Waals surface area contributed by atoms with Gasteiger partial charge in [0.05, 0.1) is 20.1 Å². The molecule has 1 fully saturated rings. The van der Waals surface area contributed by atoms with Crippen molar-refractivity contribution in [2.24, 2.45) is 23.7 Å². The van der Waals surface area contributed by atoms with E-state index in [2.05, 4.69) is 37.2 Å². The number of likely N-dealkylation sites (tertiary alicyclic amines) is 1. The van der Waals surface area contributed by atoms with E-state index >= 15 is 0 Å². The molecule has 0 aromatic heterocycles. The second-order valence-electron chi connectivity index (χ2n) is 22.6. The van der Waals surface area contributed by atoms with E-state index in [1.807, 2.05) is 116 Å². The van der Waals surface area contributed by atoms with E-state index in [0.29, 0.717) is 32.2 Å². The lowest BCUT2D eigenvalue weighted by molar-refractivity contribution is -0.142. The van der Waals surface area contributed by atoms with Crippen LogP contribution in [0.25, 0.3) is 0 Å². The van der Waals surface area contributed by atoms with Crippen molar-refractivity contribution in [2.45, 2.75) is 188 Å². The predicted molar refractivity (Wildman–Crippen MR) is 290 cm³/mol. The lowest BCUT2D eigenvalue weighted by Gasteiger charge is -2.30. The Morgan fingerprint density at radius 1 is 0.592 bits per heavy atom. The van der Waals surface area contributed by atoms with Gasteiger partial charge < -0.3 is 51.6 Å². The van der Waals surface area contributed by atoms with Crippen molar-refractivity contribution in [3.63, 3.8) is 0 Å². The molecule has 7 atom stereocenters. The van der Waals surface area contributed by atoms with Gasteiger partial charge in [0.15, 0.2) is 0 Å². The van der Waals surface area contributed by atoms with E-state index in [0.717, 1.165) is 11.1 Å². The Morgan fingerprint density at radius 2 is 1.05 bits per heavy atom. The second kappa shape index (κ2) is 31.5. The molecule has 7 N–H and O–H groups in total. The summed E-state index contributed by atoms with van der Waals surface area (Å²) in [4.78, 5) is 123. The third-order valence-electron chi connectivity index (χ3n) is 12.9. The number of alkyl carbamates (subject to hydrolysis) is 1. The van der Waals surface area contributed by atoms with Crippen LogP contribution in [-0.4, -0.2) is 126 Å². The molecule has 0 bridgehead atoms. The standard InChI is InChI=1S/C57H88N8O11/c1-35(2)26-41(30-48(66)61-46(29-40-22-17-14-18-23-40)54(72)64-44(38(7)8)33-52(70)75-12)59-50(68)34-58-55(73)47-24-19-25-65(47)51(69)32-43(37(5)6)63-53(71)45(28-39-20-15-13-16-21-39)62-49(67)31-42(27-36(3)4)60-56(74)76-57(9,10)11/h13-18,20-23,35-38,41-47H,19,24-34H2,1-12H3,(H,58,73)(H,59,68)(H,60,74)(H,61,66)(H,62,67)(H,63,71)(H,64,72)/t41-,42-,43+,44+,45-,46-,47+/m0/s1. The van der Waals surface area contributed by atoms with Gasteiger partial charge in [0, 0.05) is 62.8 Å². The molecule has 1 aliphatic heterocycles. The van der Waals surface area contributed by atoms with E-state index in [-0.39, 0.29) is 68.1 Å². The zero-order chi connectivity index (χ0) is 56.7. The van der Waals surface area contributed by atoms with Crippen LogP contribution >= 0.6 is 0 Å². The molecule has 19 nitrogen and oxygen atoms in total. The van der Waals surface area contributed by atoms with Crippen LogP contribution in [0.15, 0.2) is 60.7 Å². The lowest BCUT2D eigenvalue weighted by Crippen LogP contribution is -2.54. The molecule has 0 spiro atoms. The van der Waals surface area contributed by atoms with E-state index in [1.54, 1.807) is 20.8 Å². The van der Waals surface area contributed by atoms with Crippen LogP contribution in [-0.2, 0) is 60.7 Å². The first-order valence-electron chi connectivity index (χ1n) is 26.9. The number of nitrogens with one attached hydrogen (secondary N) is 7. The summed E-state index contributed by atoms with van der Waals surface area (Å²) in [5.41, 5.74) is 0.864. The van der Waals surface area contributed by atoms with Crippen molar-refractivity contribution in [1.29, 1.82) is 0 Å². The van der Waals surface area contributed by atoms with Crippen LogP contribution in [0.1, 0.15) is 139 Å². The number of ether oxygens (including phenoxy) is 2. The maximum atomic E-state index is 14.2. The van der Waals surface area contributed by atoms with Crippen molar-refractivity contribution in [1.82, 2.24) is 42.1 Å². The summed E-state index contributed by atoms with van der Waals surface area (Å²) in [6, 6.07) is 13.1. The molecule has 0 unspecified atom stereocenters. The molecule has 19 heteroatoms. The molecule has 0 radical (unpaired) electrons. The van der Waals surface area contributed by atoms with E-state index in [1.165, 1.54) is 12.0 Å². The van der Waals surface area contributed by atoms with Crippen LogP contribution in [0.5, 0.6) is 0 Å². The molecule has 1 saturated heterocycles. The minimum absolute atomic E-state index is 0.0428. The minimum atomic E-state index is -1.02. The van der Waals surface area contributed by atoms with Gasteiger partial charge in [0.2, 0.25) is 41.4 Å². The topological polar surface area (TPSA) is 260 Å². The molecule has 8 amide bonds. The Balaban J connectivity index is 1.67. The number of hydrogen-bond acceptors (Lipinski definition) is 11. The fourth-order valence-electron chi connectivity index (χ4n) is 9.01. The highest BCUT2D eigenvalue weighted by Crippen LogP contribution is 2.21. The largest absolute Gasteiger partial charge is 0.469 e. The number of hydrogen-bond donors (Lipinski definition) is 7. The Hall–Kier alpha value is -6.53. The minimum Gasteiger partial charge on any atom is -0.469 e. The number of rotatable bonds is 29. The first-order chi connectivity index (χ1) is 35.7. The highest BCUT2D eigenvalue weighted by Gasteiger charge is 2.37. The Morgan fingerprint density at radius 3 is 1.49 bits per heavy atom. The van der Waals surface area contributed by atoms with E-state index in [9.17, 15) is 43.2 Å². The molecular weight excluding hydrogens is 973 g/mol. The van der Waals surface area contributed by atoms with Crippen LogP contribution < -0.4 is 37.2 Å². The third-order valence-corrected chi connectivity index (χ3v) is 12.9. The van der Waals surface area contributed by atoms with Gasteiger partial charge in [-0.1, -0.05) is 116 Å². The molecule has 3 rings (SSSR count). The molecule has 0 aliphatic carbocycles. The summed E-state index contributed by atoms with van der Waals surface area (Å²) in [7, 11) is 1.28. The zero-order valence-corrected chi connectivity index (χ0v) is 47.0. The monoisotopic (exact) mass is 1060 g/mol. The molecular formula is C57H88N8O11. The first kappa shape index (κ1) is 63.8. The van der Waals surface area contributed by atoms with E-state index < -0.39 is 102 Å². The Labute approximate surface area is 450 Å². The van der Waals surface area contributed by atoms with Crippen LogP contribution in [0.2, 0.25) is 0 Å². The molecule has 76 heavy (non-hydrogen) atoms. The predicted octanol–water partition coefficient (Wildman–Crippen LogP) is 5.03. The Bertz CT molecular complexity index is 2220. The Kier molecular flexibility index (Phi) is 26.4. The van der Waals surface area contributed by atoms with Gasteiger partial charge in [-0.15, -0.1) is 0 Å². The summed E-state index contributed by atoms with van der Waals surface area (Å²) in [6.07, 6.45) is 1.07. The van der Waals surface area contributed by atoms with Gasteiger partial charge in [0.25, 0.3) is 0 Å². The fraction of sp³-hybridized carbons (Fsp3) is 0.632. The average Bonchev–Trinajstić information content (AvgIpc) is 3.82. The second-order valence-corrected chi connectivity index (χ2v) is 22.6. The van der Waals surface area contributed by atoms with Gasteiger partial charge in [-0.2, -0.15) is 0 Å². The van der Waals surface area contributed by atoms with Crippen molar-refractivity contribution in [3.05, 3.63) is 71.8 Å². The van der Waals surface area contributed by atoms with Gasteiger partial charge in [-0.3, -0.25) is 38.4 Å². The molecule has 1 heterocycles. The average molecular weight is 1060 g/mol. The SMILES string of the molecule is COC(=O)C[C@@H](NC(=O)[C@H](Cc1ccccc1)NC(=O)C[C@H](CC(C)C)NC(=O)CNC(=O)[C@H]1CCCN1C(=O)C[C@@H](NC(=O)[C@H](Cc1ccccc1)NC(=O)C[C@H](CC(C)C)NC(=O)OC(C)(C)C)C(C)C)C(C)C. The van der Waals surface area contributed by atoms with E-state index in [4.69, 9.17) is 9.47 Å². The number of nitrogens with zero attached hydrogens (tertiary/aromatic N) is 1. The summed E-state index contributed by atoms with van der Waals surface area (Å²) in [6.45, 7) is 20.4. The molecule has 2 aromatic carbocycles. The van der Waals surface area contributed by atoms with Crippen LogP contribution in [0.4, 0.5) is 4.79 Å². The molecule has 0 saturated carbocycles. The smallest absolute Gasteiger partial charge is 0.407 e. The number of methoxy groups -OCH3 is 1. The van der Waals surface area contributed by atoms with Crippen molar-refractivity contribution in [2.75, 3.05) is 20.2 Å². The number of benzene rings is 2. The molecule has 1 aliphatic rings. The summed E-state index contributed by atoms with van der Waals surface area (Å²) >= 11 is 0. The van der Waals surface area contributed by atoms with Gasteiger partial charge in [-0.25, -0.2) is 4.79 Å². The number of esters is 1. The van der Waals surface area contributed by atoms with Crippen LogP contribution in [0, 0.1) is 23.7 Å². The number of carbonyl (C=O) groups excluding carboxylic acids is 9. The maximum Gasteiger partial charge on any atom is 0.407 e. The molecule has 422 valence electrons. The third kappa shape index (κ3) is 24.0. The highest BCUT2D eigenvalue weighted by atomic mass is 16.6. The summed E-state index contributed by atoms with van der Waals surface area (Å²) < 4.78 is 10.3. The van der Waals surface area contributed by atoms with Gasteiger partial charge >= 0.3 is 12.1 Å². The zero-order valence-electron chi connectivity index (χ0n) is 47.0. The fourth-order valence-corrected chi connectivity index (χ4v) is 9.01. The maximum absolute atomic E-state index is 14.2. The van der Waals surface area contributed by atoms with Gasteiger partial charge in [0.1, 0.15) is 23.7 Å².